The highest BCUT2D eigenvalue weighted by Gasteiger charge is 2.12. The van der Waals surface area contributed by atoms with Crippen molar-refractivity contribution in [3.05, 3.63) is 62.4 Å². The van der Waals surface area contributed by atoms with Crippen LogP contribution in [0.1, 0.15) is 16.0 Å². The Balaban J connectivity index is 1.94. The number of thiazole rings is 1. The molecule has 0 bridgehead atoms. The van der Waals surface area contributed by atoms with Crippen molar-refractivity contribution in [3.63, 3.8) is 0 Å². The van der Waals surface area contributed by atoms with Crippen LogP contribution in [0.15, 0.2) is 36.4 Å². The molecule has 5 heteroatoms. The number of rotatable bonds is 3. The van der Waals surface area contributed by atoms with Gasteiger partial charge in [0.15, 0.2) is 5.13 Å². The fourth-order valence-corrected chi connectivity index (χ4v) is 3.52. The van der Waals surface area contributed by atoms with Crippen molar-refractivity contribution >= 4 is 45.4 Å². The van der Waals surface area contributed by atoms with Gasteiger partial charge in [0, 0.05) is 10.4 Å². The van der Waals surface area contributed by atoms with Crippen LogP contribution in [0.4, 0.5) is 10.8 Å². The topological polar surface area (TPSA) is 24.9 Å². The van der Waals surface area contributed by atoms with E-state index in [1.54, 1.807) is 17.4 Å². The summed E-state index contributed by atoms with van der Waals surface area (Å²) < 4.78 is 0. The van der Waals surface area contributed by atoms with Crippen LogP contribution in [0, 0.1) is 20.8 Å². The lowest BCUT2D eigenvalue weighted by atomic mass is 10.0. The Morgan fingerprint density at radius 3 is 2.52 bits per heavy atom. The Hall–Kier alpha value is -1.55. The van der Waals surface area contributed by atoms with Gasteiger partial charge in [-0.05, 0) is 50.1 Å². The lowest BCUT2D eigenvalue weighted by Crippen LogP contribution is -1.91. The number of benzene rings is 2. The summed E-state index contributed by atoms with van der Waals surface area (Å²) >= 11 is 13.9. The first-order valence-corrected chi connectivity index (χ1v) is 8.79. The summed E-state index contributed by atoms with van der Waals surface area (Å²) in [5.41, 5.74) is 5.44. The van der Waals surface area contributed by atoms with Crippen molar-refractivity contribution in [2.75, 3.05) is 5.32 Å². The van der Waals surface area contributed by atoms with E-state index in [2.05, 4.69) is 44.3 Å². The molecule has 0 spiro atoms. The highest BCUT2D eigenvalue weighted by atomic mass is 35.5. The fourth-order valence-electron chi connectivity index (χ4n) is 2.32. The fraction of sp³-hybridized carbons (Fsp3) is 0.167. The van der Waals surface area contributed by atoms with Gasteiger partial charge in [0.1, 0.15) is 0 Å². The molecule has 23 heavy (non-hydrogen) atoms. The summed E-state index contributed by atoms with van der Waals surface area (Å²) in [5.74, 6) is 0. The van der Waals surface area contributed by atoms with Gasteiger partial charge in [0.2, 0.25) is 0 Å². The zero-order valence-electron chi connectivity index (χ0n) is 13.1. The molecule has 0 aliphatic carbocycles. The normalized spacial score (nSPS) is 10.8. The van der Waals surface area contributed by atoms with Gasteiger partial charge in [0.25, 0.3) is 0 Å². The van der Waals surface area contributed by atoms with Gasteiger partial charge in [-0.15, -0.1) is 11.3 Å². The molecular weight excluding hydrogens is 347 g/mol. The minimum atomic E-state index is 0.509. The maximum absolute atomic E-state index is 6.23. The molecule has 1 N–H and O–H groups in total. The summed E-state index contributed by atoms with van der Waals surface area (Å²) in [7, 11) is 0. The molecule has 0 saturated carbocycles. The smallest absolute Gasteiger partial charge is 0.188 e. The van der Waals surface area contributed by atoms with E-state index in [0.29, 0.717) is 10.0 Å². The Morgan fingerprint density at radius 2 is 1.78 bits per heavy atom. The third kappa shape index (κ3) is 3.37. The summed E-state index contributed by atoms with van der Waals surface area (Å²) in [6.07, 6.45) is 0. The lowest BCUT2D eigenvalue weighted by Gasteiger charge is -2.06. The largest absolute Gasteiger partial charge is 0.330 e. The number of hydrogen-bond donors (Lipinski definition) is 1. The maximum Gasteiger partial charge on any atom is 0.188 e. The molecule has 0 aliphatic rings. The van der Waals surface area contributed by atoms with Crippen LogP contribution in [0.2, 0.25) is 10.0 Å². The summed E-state index contributed by atoms with van der Waals surface area (Å²) in [6.45, 7) is 6.31. The van der Waals surface area contributed by atoms with E-state index in [9.17, 15) is 0 Å². The quantitative estimate of drug-likeness (QED) is 0.554. The van der Waals surface area contributed by atoms with Gasteiger partial charge >= 0.3 is 0 Å². The first kappa shape index (κ1) is 16.3. The molecule has 3 rings (SSSR count). The maximum atomic E-state index is 6.23. The van der Waals surface area contributed by atoms with Crippen molar-refractivity contribution in [3.8, 4) is 11.3 Å². The van der Waals surface area contributed by atoms with E-state index >= 15 is 0 Å². The van der Waals surface area contributed by atoms with E-state index in [4.69, 9.17) is 28.2 Å². The van der Waals surface area contributed by atoms with Crippen LogP contribution in [0.5, 0.6) is 0 Å². The zero-order valence-corrected chi connectivity index (χ0v) is 15.4. The Bertz CT molecular complexity index is 871. The lowest BCUT2D eigenvalue weighted by molar-refractivity contribution is 1.31. The first-order chi connectivity index (χ1) is 11.0. The van der Waals surface area contributed by atoms with Gasteiger partial charge < -0.3 is 5.32 Å². The van der Waals surface area contributed by atoms with Crippen molar-refractivity contribution in [1.29, 1.82) is 0 Å². The van der Waals surface area contributed by atoms with Crippen LogP contribution >= 0.6 is 34.5 Å². The molecule has 2 nitrogen and oxygen atoms in total. The van der Waals surface area contributed by atoms with Crippen molar-refractivity contribution in [1.82, 2.24) is 4.98 Å². The van der Waals surface area contributed by atoms with Crippen LogP contribution < -0.4 is 5.32 Å². The number of nitrogens with zero attached hydrogens (tertiary/aromatic N) is 1. The number of anilines is 2. The molecule has 0 unspecified atom stereocenters. The minimum absolute atomic E-state index is 0.509. The molecular formula is C18H16Cl2N2S. The third-order valence-electron chi connectivity index (χ3n) is 3.77. The Labute approximate surface area is 150 Å². The van der Waals surface area contributed by atoms with E-state index in [1.807, 2.05) is 12.1 Å². The number of aryl methyl sites for hydroxylation is 3. The average Bonchev–Trinajstić information content (AvgIpc) is 2.87. The van der Waals surface area contributed by atoms with Gasteiger partial charge in [-0.3, -0.25) is 0 Å². The average molecular weight is 363 g/mol. The van der Waals surface area contributed by atoms with Crippen LogP contribution in [0.3, 0.4) is 0 Å². The van der Waals surface area contributed by atoms with Crippen molar-refractivity contribution in [2.24, 2.45) is 0 Å². The molecule has 0 fully saturated rings. The molecule has 0 amide bonds. The Kier molecular flexibility index (Phi) is 4.62. The molecule has 0 saturated heterocycles. The van der Waals surface area contributed by atoms with Gasteiger partial charge in [-0.2, -0.15) is 0 Å². The highest BCUT2D eigenvalue weighted by Crippen LogP contribution is 2.36. The Morgan fingerprint density at radius 1 is 1.00 bits per heavy atom. The van der Waals surface area contributed by atoms with Gasteiger partial charge in [-0.25, -0.2) is 4.98 Å². The van der Waals surface area contributed by atoms with E-state index < -0.39 is 0 Å². The number of halogens is 2. The van der Waals surface area contributed by atoms with Crippen LogP contribution in [-0.2, 0) is 0 Å². The summed E-state index contributed by atoms with van der Waals surface area (Å²) in [5, 5.41) is 5.10. The second-order valence-corrected chi connectivity index (χ2v) is 7.44. The predicted octanol–water partition coefficient (Wildman–Crippen LogP) is 6.79. The SMILES string of the molecule is Cc1ccc(-c2nc(Nc3cccc(Cl)c3Cl)sc2C)cc1C. The first-order valence-electron chi connectivity index (χ1n) is 7.22. The molecule has 1 heterocycles. The molecule has 0 atom stereocenters. The van der Waals surface area contributed by atoms with Gasteiger partial charge in [-0.1, -0.05) is 41.4 Å². The standard InChI is InChI=1S/C18H16Cl2N2S/c1-10-7-8-13(9-11(10)2)17-12(3)23-18(22-17)21-15-6-4-5-14(19)16(15)20/h4-9H,1-3H3,(H,21,22). The van der Waals surface area contributed by atoms with Crippen LogP contribution in [0.25, 0.3) is 11.3 Å². The van der Waals surface area contributed by atoms with E-state index in [0.717, 1.165) is 27.0 Å². The molecule has 1 aromatic heterocycles. The molecule has 3 aromatic rings. The van der Waals surface area contributed by atoms with E-state index in [-0.39, 0.29) is 0 Å². The number of aromatic nitrogens is 1. The van der Waals surface area contributed by atoms with Gasteiger partial charge in [0.05, 0.1) is 21.4 Å². The van der Waals surface area contributed by atoms with Crippen LogP contribution in [-0.4, -0.2) is 4.98 Å². The number of hydrogen-bond acceptors (Lipinski definition) is 3. The summed E-state index contributed by atoms with van der Waals surface area (Å²) in [6, 6.07) is 11.9. The van der Waals surface area contributed by atoms with Crippen molar-refractivity contribution < 1.29 is 0 Å². The molecule has 118 valence electrons. The highest BCUT2D eigenvalue weighted by molar-refractivity contribution is 7.16. The number of nitrogens with one attached hydrogen (secondary N) is 1. The zero-order chi connectivity index (χ0) is 16.6. The monoisotopic (exact) mass is 362 g/mol. The molecule has 0 radical (unpaired) electrons. The summed E-state index contributed by atoms with van der Waals surface area (Å²) in [4.78, 5) is 5.88. The predicted molar refractivity (Wildman–Crippen MR) is 102 cm³/mol. The molecule has 0 aliphatic heterocycles. The minimum Gasteiger partial charge on any atom is -0.330 e. The second kappa shape index (κ2) is 6.52. The van der Waals surface area contributed by atoms with Crippen molar-refractivity contribution in [2.45, 2.75) is 20.8 Å². The second-order valence-electron chi connectivity index (χ2n) is 5.45. The molecule has 2 aromatic carbocycles. The van der Waals surface area contributed by atoms with E-state index in [1.165, 1.54) is 11.1 Å². The third-order valence-corrected chi connectivity index (χ3v) is 5.48.